The molecule has 0 amide bonds. The Hall–Kier alpha value is -0.770. The van der Waals surface area contributed by atoms with Crippen LogP contribution in [0.2, 0.25) is 10.0 Å². The molecule has 0 unspecified atom stereocenters. The summed E-state index contributed by atoms with van der Waals surface area (Å²) >= 11 is 12.3. The van der Waals surface area contributed by atoms with E-state index in [1.54, 1.807) is 12.1 Å². The third-order valence-corrected chi connectivity index (χ3v) is 4.04. The van der Waals surface area contributed by atoms with Crippen LogP contribution in [0.1, 0.15) is 37.0 Å². The van der Waals surface area contributed by atoms with E-state index in [1.807, 2.05) is 0 Å². The summed E-state index contributed by atoms with van der Waals surface area (Å²) in [6, 6.07) is 3.30. The van der Waals surface area contributed by atoms with Gasteiger partial charge in [0.2, 0.25) is 0 Å². The second-order valence-electron chi connectivity index (χ2n) is 5.86. The molecule has 116 valence electrons. The van der Waals surface area contributed by atoms with Crippen molar-refractivity contribution in [3.8, 4) is 5.75 Å². The molecular formula is C16H21Cl2NO2. The summed E-state index contributed by atoms with van der Waals surface area (Å²) in [5.74, 6) is 0.929. The zero-order chi connectivity index (χ0) is 15.4. The Morgan fingerprint density at radius 3 is 2.62 bits per heavy atom. The topological polar surface area (TPSA) is 38.3 Å². The van der Waals surface area contributed by atoms with Crippen molar-refractivity contribution in [1.82, 2.24) is 5.32 Å². The van der Waals surface area contributed by atoms with E-state index < -0.39 is 0 Å². The fourth-order valence-electron chi connectivity index (χ4n) is 2.44. The van der Waals surface area contributed by atoms with E-state index in [2.05, 4.69) is 19.2 Å². The number of Topliss-reactive ketones (excluding diaryl/α,β-unsaturated/α-hetero) is 1. The highest BCUT2D eigenvalue weighted by Gasteiger charge is 2.26. The van der Waals surface area contributed by atoms with Crippen molar-refractivity contribution >= 4 is 29.0 Å². The number of halogens is 2. The number of carbonyl (C=O) groups is 1. The summed E-state index contributed by atoms with van der Waals surface area (Å²) in [6.07, 6.45) is 1.68. The van der Waals surface area contributed by atoms with Crippen LogP contribution in [0.15, 0.2) is 12.1 Å². The summed E-state index contributed by atoms with van der Waals surface area (Å²) in [5.41, 5.74) is 0.514. The van der Waals surface area contributed by atoms with Gasteiger partial charge >= 0.3 is 0 Å². The number of benzene rings is 1. The predicted octanol–water partition coefficient (Wildman–Crippen LogP) is 4.21. The van der Waals surface area contributed by atoms with Gasteiger partial charge in [0.05, 0.1) is 17.2 Å². The van der Waals surface area contributed by atoms with Gasteiger partial charge in [0.1, 0.15) is 5.75 Å². The zero-order valence-corrected chi connectivity index (χ0v) is 13.9. The van der Waals surface area contributed by atoms with Crippen molar-refractivity contribution in [2.75, 3.05) is 19.7 Å². The molecule has 0 bridgehead atoms. The van der Waals surface area contributed by atoms with Crippen LogP contribution in [0.3, 0.4) is 0 Å². The van der Waals surface area contributed by atoms with Crippen LogP contribution in [0, 0.1) is 11.8 Å². The Balaban J connectivity index is 2.28. The molecule has 0 radical (unpaired) electrons. The van der Waals surface area contributed by atoms with Crippen molar-refractivity contribution in [2.45, 2.75) is 26.7 Å². The van der Waals surface area contributed by atoms with Crippen LogP contribution in [0.4, 0.5) is 0 Å². The first-order chi connectivity index (χ1) is 9.99. The first-order valence-corrected chi connectivity index (χ1v) is 8.11. The Labute approximate surface area is 136 Å². The van der Waals surface area contributed by atoms with Crippen LogP contribution >= 0.6 is 23.2 Å². The summed E-state index contributed by atoms with van der Waals surface area (Å²) in [7, 11) is 0. The molecule has 0 atom stereocenters. The van der Waals surface area contributed by atoms with Gasteiger partial charge < -0.3 is 10.1 Å². The molecule has 1 aliphatic rings. The molecule has 1 N–H and O–H groups in total. The largest absolute Gasteiger partial charge is 0.491 e. The fourth-order valence-corrected chi connectivity index (χ4v) is 2.99. The predicted molar refractivity (Wildman–Crippen MR) is 86.7 cm³/mol. The van der Waals surface area contributed by atoms with Crippen molar-refractivity contribution in [2.24, 2.45) is 11.8 Å². The number of ether oxygens (including phenoxy) is 1. The van der Waals surface area contributed by atoms with Crippen LogP contribution < -0.4 is 10.1 Å². The molecule has 0 spiro atoms. The molecule has 1 aromatic carbocycles. The maximum Gasteiger partial charge on any atom is 0.169 e. The second-order valence-corrected chi connectivity index (χ2v) is 6.70. The third kappa shape index (κ3) is 4.35. The molecule has 1 heterocycles. The molecule has 2 rings (SSSR count). The average molecular weight is 330 g/mol. The van der Waals surface area contributed by atoms with E-state index in [1.165, 1.54) is 0 Å². The average Bonchev–Trinajstić information content (AvgIpc) is 2.45. The van der Waals surface area contributed by atoms with Crippen molar-refractivity contribution in [3.05, 3.63) is 27.7 Å². The van der Waals surface area contributed by atoms with Crippen LogP contribution in [-0.2, 0) is 0 Å². The molecule has 0 saturated carbocycles. The molecule has 0 aromatic heterocycles. The number of ketones is 1. The molecule has 0 aliphatic carbocycles. The Morgan fingerprint density at radius 1 is 1.33 bits per heavy atom. The van der Waals surface area contributed by atoms with Gasteiger partial charge in [-0.2, -0.15) is 0 Å². The van der Waals surface area contributed by atoms with Crippen LogP contribution in [-0.4, -0.2) is 25.5 Å². The van der Waals surface area contributed by atoms with E-state index in [4.69, 9.17) is 27.9 Å². The fraction of sp³-hybridized carbons (Fsp3) is 0.562. The van der Waals surface area contributed by atoms with Gasteiger partial charge in [-0.25, -0.2) is 0 Å². The quantitative estimate of drug-likeness (QED) is 0.822. The molecule has 1 aromatic rings. The number of rotatable bonds is 5. The molecule has 1 fully saturated rings. The van der Waals surface area contributed by atoms with Gasteiger partial charge in [0.15, 0.2) is 5.78 Å². The summed E-state index contributed by atoms with van der Waals surface area (Å²) in [5, 5.41) is 4.13. The maximum absolute atomic E-state index is 12.7. The van der Waals surface area contributed by atoms with Gasteiger partial charge in [-0.1, -0.05) is 37.0 Å². The van der Waals surface area contributed by atoms with Crippen LogP contribution in [0.25, 0.3) is 0 Å². The summed E-state index contributed by atoms with van der Waals surface area (Å²) in [6.45, 7) is 6.36. The van der Waals surface area contributed by atoms with E-state index in [-0.39, 0.29) is 11.7 Å². The second kappa shape index (κ2) is 7.48. The van der Waals surface area contributed by atoms with Crippen molar-refractivity contribution in [3.63, 3.8) is 0 Å². The first-order valence-electron chi connectivity index (χ1n) is 7.35. The maximum atomic E-state index is 12.7. The molecule has 5 heteroatoms. The summed E-state index contributed by atoms with van der Waals surface area (Å²) in [4.78, 5) is 12.7. The minimum absolute atomic E-state index is 0.0159. The lowest BCUT2D eigenvalue weighted by molar-refractivity contribution is 0.0890. The van der Waals surface area contributed by atoms with Crippen molar-refractivity contribution in [1.29, 1.82) is 0 Å². The van der Waals surface area contributed by atoms with E-state index in [0.717, 1.165) is 25.9 Å². The highest BCUT2D eigenvalue weighted by atomic mass is 35.5. The number of hydrogen-bond acceptors (Lipinski definition) is 3. The lowest BCUT2D eigenvalue weighted by Crippen LogP contribution is -2.32. The van der Waals surface area contributed by atoms with E-state index in [9.17, 15) is 4.79 Å². The van der Waals surface area contributed by atoms with Gasteiger partial charge in [-0.15, -0.1) is 0 Å². The van der Waals surface area contributed by atoms with Gasteiger partial charge in [0.25, 0.3) is 0 Å². The molecule has 1 aliphatic heterocycles. The van der Waals surface area contributed by atoms with Crippen LogP contribution in [0.5, 0.6) is 5.75 Å². The molecule has 3 nitrogen and oxygen atoms in total. The van der Waals surface area contributed by atoms with E-state index >= 15 is 0 Å². The number of nitrogens with one attached hydrogen (secondary N) is 1. The first kappa shape index (κ1) is 16.6. The van der Waals surface area contributed by atoms with Crippen molar-refractivity contribution < 1.29 is 9.53 Å². The molecule has 1 saturated heterocycles. The smallest absolute Gasteiger partial charge is 0.169 e. The molecular weight excluding hydrogens is 309 g/mol. The number of piperidine rings is 1. The monoisotopic (exact) mass is 329 g/mol. The normalized spacial score (nSPS) is 16.2. The zero-order valence-electron chi connectivity index (χ0n) is 12.4. The Bertz CT molecular complexity index is 511. The Kier molecular flexibility index (Phi) is 5.91. The van der Waals surface area contributed by atoms with Gasteiger partial charge in [0, 0.05) is 10.9 Å². The Morgan fingerprint density at radius 2 is 2.00 bits per heavy atom. The standard InChI is InChI=1S/C16H21Cl2NO2/c1-10(2)9-21-16-13(7-12(17)8-14(16)18)15(20)11-3-5-19-6-4-11/h7-8,10-11,19H,3-6,9H2,1-2H3. The van der Waals surface area contributed by atoms with Gasteiger partial charge in [-0.05, 0) is 44.0 Å². The lowest BCUT2D eigenvalue weighted by Gasteiger charge is -2.23. The number of carbonyl (C=O) groups excluding carboxylic acids is 1. The lowest BCUT2D eigenvalue weighted by atomic mass is 9.89. The SMILES string of the molecule is CC(C)COc1c(Cl)cc(Cl)cc1C(=O)C1CCNCC1. The minimum atomic E-state index is 0.0159. The highest BCUT2D eigenvalue weighted by Crippen LogP contribution is 2.35. The van der Waals surface area contributed by atoms with Gasteiger partial charge in [-0.3, -0.25) is 4.79 Å². The summed E-state index contributed by atoms with van der Waals surface area (Å²) < 4.78 is 5.77. The molecule has 21 heavy (non-hydrogen) atoms. The van der Waals surface area contributed by atoms with E-state index in [0.29, 0.717) is 33.9 Å². The minimum Gasteiger partial charge on any atom is -0.491 e. The number of hydrogen-bond donors (Lipinski definition) is 1. The third-order valence-electron chi connectivity index (χ3n) is 3.54. The highest BCUT2D eigenvalue weighted by molar-refractivity contribution is 6.36.